The molecule has 0 bridgehead atoms. The second kappa shape index (κ2) is 6.95. The van der Waals surface area contributed by atoms with E-state index < -0.39 is 0 Å². The van der Waals surface area contributed by atoms with Crippen molar-refractivity contribution in [3.63, 3.8) is 0 Å². The Hall–Kier alpha value is -3.22. The Morgan fingerprint density at radius 1 is 1.00 bits per heavy atom. The minimum absolute atomic E-state index is 0.0730. The molecular formula is C19H18N4O3. The molecule has 7 nitrogen and oxygen atoms in total. The summed E-state index contributed by atoms with van der Waals surface area (Å²) in [6.45, 7) is 1.69. The van der Waals surface area contributed by atoms with Crippen LogP contribution in [0.2, 0.25) is 0 Å². The molecule has 0 spiro atoms. The van der Waals surface area contributed by atoms with E-state index in [1.54, 1.807) is 12.1 Å². The highest BCUT2D eigenvalue weighted by molar-refractivity contribution is 5.71. The first-order chi connectivity index (χ1) is 12.7. The summed E-state index contributed by atoms with van der Waals surface area (Å²) in [7, 11) is 0. The molecule has 0 saturated carbocycles. The van der Waals surface area contributed by atoms with Crippen LogP contribution in [-0.4, -0.2) is 28.2 Å². The molecule has 26 heavy (non-hydrogen) atoms. The first-order valence-electron chi connectivity index (χ1n) is 8.65. The number of nitro groups is 1. The number of nitro benzene ring substituents is 1. The number of piperidine rings is 1. The van der Waals surface area contributed by atoms with Gasteiger partial charge in [0.05, 0.1) is 4.92 Å². The molecule has 2 aromatic carbocycles. The molecule has 1 saturated heterocycles. The minimum atomic E-state index is -0.345. The van der Waals surface area contributed by atoms with Gasteiger partial charge in [0.1, 0.15) is 5.69 Å². The molecule has 1 aromatic heterocycles. The SMILES string of the molecule is O=[N+]([O-])c1cc(-c2nc(-c3ccccc3)no2)ccc1N1CCCCC1. The number of anilines is 1. The van der Waals surface area contributed by atoms with Crippen LogP contribution >= 0.6 is 0 Å². The van der Waals surface area contributed by atoms with Crippen LogP contribution in [-0.2, 0) is 0 Å². The van der Waals surface area contributed by atoms with Crippen LogP contribution in [0.3, 0.4) is 0 Å². The lowest BCUT2D eigenvalue weighted by molar-refractivity contribution is -0.384. The predicted octanol–water partition coefficient (Wildman–Crippen LogP) is 4.30. The summed E-state index contributed by atoms with van der Waals surface area (Å²) in [5.74, 6) is 0.737. The number of rotatable bonds is 4. The van der Waals surface area contributed by atoms with Crippen LogP contribution in [0.15, 0.2) is 53.1 Å². The van der Waals surface area contributed by atoms with Crippen LogP contribution in [0, 0.1) is 10.1 Å². The normalized spacial score (nSPS) is 14.4. The lowest BCUT2D eigenvalue weighted by Crippen LogP contribution is -2.29. The zero-order chi connectivity index (χ0) is 17.9. The molecular weight excluding hydrogens is 332 g/mol. The second-order valence-corrected chi connectivity index (χ2v) is 6.30. The maximum absolute atomic E-state index is 11.6. The number of nitrogens with zero attached hydrogens (tertiary/aromatic N) is 4. The van der Waals surface area contributed by atoms with E-state index in [4.69, 9.17) is 4.52 Å². The number of benzene rings is 2. The third-order valence-corrected chi connectivity index (χ3v) is 4.57. The molecule has 2 heterocycles. The van der Waals surface area contributed by atoms with Gasteiger partial charge in [-0.05, 0) is 31.4 Å². The highest BCUT2D eigenvalue weighted by Crippen LogP contribution is 2.34. The smallest absolute Gasteiger partial charge is 0.293 e. The maximum Gasteiger partial charge on any atom is 0.293 e. The summed E-state index contributed by atoms with van der Waals surface area (Å²) in [4.78, 5) is 17.7. The van der Waals surface area contributed by atoms with Crippen LogP contribution in [0.4, 0.5) is 11.4 Å². The molecule has 0 atom stereocenters. The number of aromatic nitrogens is 2. The van der Waals surface area contributed by atoms with Gasteiger partial charge in [-0.2, -0.15) is 4.98 Å². The summed E-state index contributed by atoms with van der Waals surface area (Å²) >= 11 is 0. The molecule has 0 radical (unpaired) electrons. The lowest BCUT2D eigenvalue weighted by Gasteiger charge is -2.28. The van der Waals surface area contributed by atoms with Gasteiger partial charge in [0.15, 0.2) is 0 Å². The van der Waals surface area contributed by atoms with E-state index in [2.05, 4.69) is 15.0 Å². The molecule has 3 aromatic rings. The highest BCUT2D eigenvalue weighted by Gasteiger charge is 2.23. The minimum Gasteiger partial charge on any atom is -0.366 e. The van der Waals surface area contributed by atoms with Crippen molar-refractivity contribution in [2.45, 2.75) is 19.3 Å². The molecule has 4 rings (SSSR count). The van der Waals surface area contributed by atoms with Crippen molar-refractivity contribution < 1.29 is 9.45 Å². The highest BCUT2D eigenvalue weighted by atomic mass is 16.6. The van der Waals surface area contributed by atoms with Gasteiger partial charge in [-0.25, -0.2) is 0 Å². The van der Waals surface area contributed by atoms with E-state index in [9.17, 15) is 10.1 Å². The summed E-state index contributed by atoms with van der Waals surface area (Å²) in [5.41, 5.74) is 2.11. The van der Waals surface area contributed by atoms with Gasteiger partial charge < -0.3 is 9.42 Å². The van der Waals surface area contributed by atoms with E-state index in [0.29, 0.717) is 17.1 Å². The first kappa shape index (κ1) is 16.3. The summed E-state index contributed by atoms with van der Waals surface area (Å²) in [5, 5.41) is 15.6. The van der Waals surface area contributed by atoms with E-state index in [-0.39, 0.29) is 16.5 Å². The van der Waals surface area contributed by atoms with E-state index in [1.807, 2.05) is 30.3 Å². The molecule has 7 heteroatoms. The Morgan fingerprint density at radius 3 is 2.50 bits per heavy atom. The van der Waals surface area contributed by atoms with Crippen molar-refractivity contribution in [1.29, 1.82) is 0 Å². The fourth-order valence-electron chi connectivity index (χ4n) is 3.25. The van der Waals surface area contributed by atoms with Crippen molar-refractivity contribution >= 4 is 11.4 Å². The monoisotopic (exact) mass is 350 g/mol. The maximum atomic E-state index is 11.6. The largest absolute Gasteiger partial charge is 0.366 e. The van der Waals surface area contributed by atoms with E-state index in [0.717, 1.165) is 31.5 Å². The van der Waals surface area contributed by atoms with Gasteiger partial charge in [-0.3, -0.25) is 10.1 Å². The predicted molar refractivity (Wildman–Crippen MR) is 97.9 cm³/mol. The molecule has 0 aliphatic carbocycles. The Morgan fingerprint density at radius 2 is 1.77 bits per heavy atom. The summed E-state index contributed by atoms with van der Waals surface area (Å²) in [6.07, 6.45) is 3.29. The van der Waals surface area contributed by atoms with Gasteiger partial charge >= 0.3 is 0 Å². The van der Waals surface area contributed by atoms with Crippen molar-refractivity contribution in [2.75, 3.05) is 18.0 Å². The molecule has 1 aliphatic heterocycles. The van der Waals surface area contributed by atoms with Crippen LogP contribution in [0.25, 0.3) is 22.8 Å². The van der Waals surface area contributed by atoms with Crippen molar-refractivity contribution in [3.05, 3.63) is 58.6 Å². The summed E-state index contributed by atoms with van der Waals surface area (Å²) in [6, 6.07) is 14.6. The Balaban J connectivity index is 1.68. The van der Waals surface area contributed by atoms with E-state index in [1.165, 1.54) is 12.5 Å². The molecule has 0 unspecified atom stereocenters. The zero-order valence-electron chi connectivity index (χ0n) is 14.2. The van der Waals surface area contributed by atoms with E-state index >= 15 is 0 Å². The fraction of sp³-hybridized carbons (Fsp3) is 0.263. The van der Waals surface area contributed by atoms with Gasteiger partial charge in [-0.1, -0.05) is 35.5 Å². The van der Waals surface area contributed by atoms with Crippen molar-refractivity contribution in [1.82, 2.24) is 10.1 Å². The average molecular weight is 350 g/mol. The second-order valence-electron chi connectivity index (χ2n) is 6.30. The van der Waals surface area contributed by atoms with Gasteiger partial charge in [0.2, 0.25) is 5.82 Å². The van der Waals surface area contributed by atoms with Crippen LogP contribution < -0.4 is 4.90 Å². The van der Waals surface area contributed by atoms with Crippen LogP contribution in [0.1, 0.15) is 19.3 Å². The van der Waals surface area contributed by atoms with Gasteiger partial charge in [0, 0.05) is 30.3 Å². The van der Waals surface area contributed by atoms with Gasteiger partial charge in [0.25, 0.3) is 11.6 Å². The van der Waals surface area contributed by atoms with Gasteiger partial charge in [-0.15, -0.1) is 0 Å². The van der Waals surface area contributed by atoms with Crippen molar-refractivity contribution in [3.8, 4) is 22.8 Å². The molecule has 1 aliphatic rings. The fourth-order valence-corrected chi connectivity index (χ4v) is 3.25. The van der Waals surface area contributed by atoms with Crippen LogP contribution in [0.5, 0.6) is 0 Å². The Bertz CT molecular complexity index is 918. The third-order valence-electron chi connectivity index (χ3n) is 4.57. The Kier molecular flexibility index (Phi) is 4.35. The topological polar surface area (TPSA) is 85.3 Å². The third kappa shape index (κ3) is 3.15. The molecule has 0 amide bonds. The Labute approximate surface area is 150 Å². The number of hydrogen-bond acceptors (Lipinski definition) is 6. The average Bonchev–Trinajstić information content (AvgIpc) is 3.19. The zero-order valence-corrected chi connectivity index (χ0v) is 14.2. The standard InChI is InChI=1S/C19H18N4O3/c24-23(25)17-13-15(9-10-16(17)22-11-5-2-6-12-22)19-20-18(21-26-19)14-7-3-1-4-8-14/h1,3-4,7-10,13H,2,5-6,11-12H2. The molecule has 1 fully saturated rings. The lowest BCUT2D eigenvalue weighted by atomic mass is 10.1. The van der Waals surface area contributed by atoms with Crippen molar-refractivity contribution in [2.24, 2.45) is 0 Å². The first-order valence-corrected chi connectivity index (χ1v) is 8.65. The quantitative estimate of drug-likeness (QED) is 0.515. The molecule has 0 N–H and O–H groups in total. The summed E-state index contributed by atoms with van der Waals surface area (Å²) < 4.78 is 5.33. The number of hydrogen-bond donors (Lipinski definition) is 0. The molecule has 132 valence electrons.